The number of aliphatic hydroxyl groups is 1. The molecule has 3 N–H and O–H groups in total. The van der Waals surface area contributed by atoms with Crippen LogP contribution in [-0.4, -0.2) is 42.9 Å². The molecule has 0 spiro atoms. The lowest BCUT2D eigenvalue weighted by Gasteiger charge is -2.30. The van der Waals surface area contributed by atoms with Gasteiger partial charge in [0.05, 0.1) is 12.2 Å². The van der Waals surface area contributed by atoms with Crippen LogP contribution in [0.1, 0.15) is 35.7 Å². The Morgan fingerprint density at radius 2 is 1.70 bits per heavy atom. The predicted octanol–water partition coefficient (Wildman–Crippen LogP) is 4.23. The molecule has 0 aliphatic carbocycles. The molecular weight excluding hydrogens is 394 g/mol. The van der Waals surface area contributed by atoms with Crippen molar-refractivity contribution in [1.82, 2.24) is 0 Å². The maximum absolute atomic E-state index is 12.3. The first-order valence-corrected chi connectivity index (χ1v) is 13.8. The van der Waals surface area contributed by atoms with E-state index in [0.29, 0.717) is 12.0 Å². The van der Waals surface area contributed by atoms with E-state index in [-0.39, 0.29) is 36.2 Å². The number of hydrogen-bond acceptors (Lipinski definition) is 4. The number of ether oxygens (including phenoxy) is 1. The number of carbonyl (C=O) groups excluding carboxylic acids is 1. The van der Waals surface area contributed by atoms with Crippen LogP contribution in [0.5, 0.6) is 0 Å². The quantitative estimate of drug-likeness (QED) is 0.551. The van der Waals surface area contributed by atoms with E-state index in [9.17, 15) is 14.7 Å². The standard InChI is InChI=1S/C24H33NO4Si/c1-17-21(29-22(15-16-26)23(17)30(2,3)28)14-11-18-9-12-20(13-10-18)25-24(27)19-7-5-4-6-8-19/h4-10,12-13,17,21-23,26,28H,11,14-16H2,1-3H3,(H,25,27)/t17-,21+,22-,23+/m0/s1. The normalized spacial score (nSPS) is 24.0. The number of hydrogen-bond donors (Lipinski definition) is 3. The first-order valence-electron chi connectivity index (χ1n) is 10.7. The minimum atomic E-state index is -2.37. The molecule has 4 atom stereocenters. The molecule has 1 aliphatic heterocycles. The average Bonchev–Trinajstić information content (AvgIpc) is 3.03. The van der Waals surface area contributed by atoms with Crippen molar-refractivity contribution in [3.8, 4) is 0 Å². The molecule has 0 unspecified atom stereocenters. The number of aliphatic hydroxyl groups excluding tert-OH is 1. The van der Waals surface area contributed by atoms with Crippen LogP contribution in [0.15, 0.2) is 54.6 Å². The molecule has 6 heteroatoms. The number of rotatable bonds is 8. The van der Waals surface area contributed by atoms with E-state index in [0.717, 1.165) is 18.5 Å². The van der Waals surface area contributed by atoms with Gasteiger partial charge in [0.2, 0.25) is 0 Å². The summed E-state index contributed by atoms with van der Waals surface area (Å²) in [5.74, 6) is 0.158. The summed E-state index contributed by atoms with van der Waals surface area (Å²) in [5, 5.41) is 12.3. The van der Waals surface area contributed by atoms with Crippen molar-refractivity contribution < 1.29 is 19.4 Å². The van der Waals surface area contributed by atoms with Gasteiger partial charge in [-0.3, -0.25) is 4.79 Å². The average molecular weight is 428 g/mol. The zero-order valence-electron chi connectivity index (χ0n) is 18.0. The number of amides is 1. The van der Waals surface area contributed by atoms with Crippen LogP contribution in [-0.2, 0) is 11.2 Å². The van der Waals surface area contributed by atoms with E-state index in [1.807, 2.05) is 55.6 Å². The van der Waals surface area contributed by atoms with E-state index in [1.54, 1.807) is 12.1 Å². The first kappa shape index (κ1) is 22.7. The topological polar surface area (TPSA) is 78.8 Å². The highest BCUT2D eigenvalue weighted by molar-refractivity contribution is 6.71. The van der Waals surface area contributed by atoms with Gasteiger partial charge in [0.1, 0.15) is 0 Å². The van der Waals surface area contributed by atoms with E-state index in [2.05, 4.69) is 12.2 Å². The van der Waals surface area contributed by atoms with Crippen molar-refractivity contribution in [3.63, 3.8) is 0 Å². The lowest BCUT2D eigenvalue weighted by atomic mass is 9.95. The van der Waals surface area contributed by atoms with Gasteiger partial charge >= 0.3 is 0 Å². The minimum Gasteiger partial charge on any atom is -0.432 e. The minimum absolute atomic E-state index is 0.0581. The Morgan fingerprint density at radius 3 is 2.30 bits per heavy atom. The summed E-state index contributed by atoms with van der Waals surface area (Å²) in [7, 11) is -2.37. The summed E-state index contributed by atoms with van der Waals surface area (Å²) in [5.41, 5.74) is 2.74. The SMILES string of the molecule is C[C@@H]1[C@@H]([Si](C)(C)O)[C@H](CCO)O[C@@H]1CCc1ccc(NC(=O)c2ccccc2)cc1. The van der Waals surface area contributed by atoms with E-state index >= 15 is 0 Å². The molecule has 30 heavy (non-hydrogen) atoms. The fraction of sp³-hybridized carbons (Fsp3) is 0.458. The molecule has 1 aliphatic rings. The lowest BCUT2D eigenvalue weighted by molar-refractivity contribution is 0.0192. The highest BCUT2D eigenvalue weighted by Gasteiger charge is 2.49. The van der Waals surface area contributed by atoms with Gasteiger partial charge in [-0.1, -0.05) is 37.3 Å². The molecule has 0 bridgehead atoms. The van der Waals surface area contributed by atoms with Crippen molar-refractivity contribution in [1.29, 1.82) is 0 Å². The fourth-order valence-electron chi connectivity index (χ4n) is 4.66. The summed E-state index contributed by atoms with van der Waals surface area (Å²) in [6, 6.07) is 17.1. The van der Waals surface area contributed by atoms with E-state index in [4.69, 9.17) is 4.74 Å². The Hall–Kier alpha value is -1.99. The fourth-order valence-corrected chi connectivity index (χ4v) is 7.32. The monoisotopic (exact) mass is 427 g/mol. The first-order chi connectivity index (χ1) is 14.3. The molecule has 0 saturated carbocycles. The van der Waals surface area contributed by atoms with Crippen LogP contribution in [0.2, 0.25) is 18.6 Å². The molecule has 2 aromatic rings. The molecule has 1 amide bonds. The van der Waals surface area contributed by atoms with Crippen molar-refractivity contribution >= 4 is 19.9 Å². The molecular formula is C24H33NO4Si. The third-order valence-electron chi connectivity index (χ3n) is 6.10. The van der Waals surface area contributed by atoms with Gasteiger partial charge in [0, 0.05) is 23.4 Å². The summed E-state index contributed by atoms with van der Waals surface area (Å²) in [4.78, 5) is 23.0. The molecule has 1 fully saturated rings. The van der Waals surface area contributed by atoms with Gasteiger partial charge in [0.25, 0.3) is 5.91 Å². The van der Waals surface area contributed by atoms with Crippen LogP contribution in [0.3, 0.4) is 0 Å². The highest BCUT2D eigenvalue weighted by atomic mass is 28.4. The van der Waals surface area contributed by atoms with Crippen LogP contribution in [0, 0.1) is 5.92 Å². The molecule has 0 aromatic heterocycles. The molecule has 0 radical (unpaired) electrons. The van der Waals surface area contributed by atoms with Crippen molar-refractivity contribution in [3.05, 3.63) is 65.7 Å². The summed E-state index contributed by atoms with van der Waals surface area (Å²) >= 11 is 0. The third-order valence-corrected chi connectivity index (χ3v) is 8.63. The zero-order valence-corrected chi connectivity index (χ0v) is 19.0. The number of aryl methyl sites for hydroxylation is 1. The van der Waals surface area contributed by atoms with Gasteiger partial charge in [0.15, 0.2) is 8.32 Å². The van der Waals surface area contributed by atoms with Gasteiger partial charge in [-0.25, -0.2) is 0 Å². The van der Waals surface area contributed by atoms with E-state index in [1.165, 1.54) is 5.56 Å². The molecule has 1 heterocycles. The van der Waals surface area contributed by atoms with Crippen molar-refractivity contribution in [2.75, 3.05) is 11.9 Å². The smallest absolute Gasteiger partial charge is 0.255 e. The van der Waals surface area contributed by atoms with Crippen LogP contribution >= 0.6 is 0 Å². The maximum atomic E-state index is 12.3. The van der Waals surface area contributed by atoms with Gasteiger partial charge < -0.3 is 20.0 Å². The Labute approximate surface area is 180 Å². The Morgan fingerprint density at radius 1 is 1.03 bits per heavy atom. The molecule has 5 nitrogen and oxygen atoms in total. The maximum Gasteiger partial charge on any atom is 0.255 e. The second-order valence-corrected chi connectivity index (χ2v) is 12.8. The Bertz CT molecular complexity index is 819. The lowest BCUT2D eigenvalue weighted by Crippen LogP contribution is -2.40. The molecule has 3 rings (SSSR count). The van der Waals surface area contributed by atoms with Crippen LogP contribution in [0.4, 0.5) is 5.69 Å². The third kappa shape index (κ3) is 5.58. The number of carbonyl (C=O) groups is 1. The number of nitrogens with one attached hydrogen (secondary N) is 1. The molecule has 162 valence electrons. The second kappa shape index (κ2) is 9.88. The Kier molecular flexibility index (Phi) is 7.47. The molecule has 2 aromatic carbocycles. The van der Waals surface area contributed by atoms with Crippen molar-refractivity contribution in [2.45, 2.75) is 57.0 Å². The Balaban J connectivity index is 1.56. The second-order valence-electron chi connectivity index (χ2n) is 8.82. The predicted molar refractivity (Wildman–Crippen MR) is 122 cm³/mol. The summed E-state index contributed by atoms with van der Waals surface area (Å²) < 4.78 is 6.26. The van der Waals surface area contributed by atoms with Gasteiger partial charge in [-0.2, -0.15) is 0 Å². The van der Waals surface area contributed by atoms with E-state index < -0.39 is 8.32 Å². The summed E-state index contributed by atoms with van der Waals surface area (Å²) in [6.45, 7) is 6.18. The van der Waals surface area contributed by atoms with Crippen LogP contribution in [0.25, 0.3) is 0 Å². The highest BCUT2D eigenvalue weighted by Crippen LogP contribution is 2.45. The molecule has 1 saturated heterocycles. The summed E-state index contributed by atoms with van der Waals surface area (Å²) in [6.07, 6.45) is 2.35. The largest absolute Gasteiger partial charge is 0.432 e. The van der Waals surface area contributed by atoms with Crippen LogP contribution < -0.4 is 5.32 Å². The van der Waals surface area contributed by atoms with Gasteiger partial charge in [-0.15, -0.1) is 0 Å². The van der Waals surface area contributed by atoms with Crippen molar-refractivity contribution in [2.24, 2.45) is 5.92 Å². The van der Waals surface area contributed by atoms with Gasteiger partial charge in [-0.05, 0) is 68.1 Å². The zero-order chi connectivity index (χ0) is 21.7. The number of anilines is 1. The number of benzene rings is 2.